The maximum absolute atomic E-state index is 5.10. The van der Waals surface area contributed by atoms with Gasteiger partial charge < -0.3 is 11.5 Å². The van der Waals surface area contributed by atoms with E-state index >= 15 is 0 Å². The largest absolute Gasteiger partial charge is 0.369 e. The standard InChI is InChI=1S/C9H11BrN4.ClH/c10-8-3-1-7(2-4-8)5-6-13-14-9(11)12;/h1-4,6H,5H2,(H4,11,12,14);1H. The first kappa shape index (κ1) is 13.9. The van der Waals surface area contributed by atoms with Crippen LogP contribution in [0.15, 0.2) is 38.9 Å². The molecule has 0 heterocycles. The monoisotopic (exact) mass is 290 g/mol. The summed E-state index contributed by atoms with van der Waals surface area (Å²) in [7, 11) is 0. The molecule has 0 aliphatic heterocycles. The molecule has 82 valence electrons. The lowest BCUT2D eigenvalue weighted by molar-refractivity contribution is 1.19. The third-order valence-corrected chi connectivity index (χ3v) is 2.02. The third-order valence-electron chi connectivity index (χ3n) is 1.50. The summed E-state index contributed by atoms with van der Waals surface area (Å²) >= 11 is 3.36. The Kier molecular flexibility index (Phi) is 6.73. The highest BCUT2D eigenvalue weighted by atomic mass is 79.9. The van der Waals surface area contributed by atoms with Crippen LogP contribution < -0.4 is 11.5 Å². The number of halogens is 2. The molecule has 6 heteroatoms. The normalized spacial score (nSPS) is 9.67. The fourth-order valence-corrected chi connectivity index (χ4v) is 1.14. The van der Waals surface area contributed by atoms with E-state index < -0.39 is 0 Å². The molecule has 4 nitrogen and oxygen atoms in total. The van der Waals surface area contributed by atoms with Gasteiger partial charge in [0, 0.05) is 17.1 Å². The van der Waals surface area contributed by atoms with Crippen LogP contribution in [-0.4, -0.2) is 12.2 Å². The van der Waals surface area contributed by atoms with Gasteiger partial charge in [-0.25, -0.2) is 0 Å². The summed E-state index contributed by atoms with van der Waals surface area (Å²) in [6.07, 6.45) is 2.37. The minimum Gasteiger partial charge on any atom is -0.369 e. The van der Waals surface area contributed by atoms with E-state index in [4.69, 9.17) is 11.5 Å². The van der Waals surface area contributed by atoms with Crippen molar-refractivity contribution in [3.05, 3.63) is 34.3 Å². The summed E-state index contributed by atoms with van der Waals surface area (Å²) in [5.74, 6) is -0.0305. The second-order valence-electron chi connectivity index (χ2n) is 2.65. The van der Waals surface area contributed by atoms with Gasteiger partial charge in [0.1, 0.15) is 0 Å². The molecule has 0 spiro atoms. The topological polar surface area (TPSA) is 76.8 Å². The maximum atomic E-state index is 5.10. The molecular formula is C9H12BrClN4. The van der Waals surface area contributed by atoms with Crippen LogP contribution in [0.4, 0.5) is 0 Å². The molecule has 15 heavy (non-hydrogen) atoms. The predicted octanol–water partition coefficient (Wildman–Crippen LogP) is 1.67. The Hall–Kier alpha value is -1.07. The SMILES string of the molecule is Cl.NC(N)=NN=CCc1ccc(Br)cc1. The van der Waals surface area contributed by atoms with Gasteiger partial charge in [0.25, 0.3) is 0 Å². The lowest BCUT2D eigenvalue weighted by Crippen LogP contribution is -2.21. The third kappa shape index (κ3) is 6.09. The van der Waals surface area contributed by atoms with Gasteiger partial charge in [0.05, 0.1) is 0 Å². The average Bonchev–Trinajstić information content (AvgIpc) is 2.15. The summed E-state index contributed by atoms with van der Waals surface area (Å²) in [5.41, 5.74) is 11.4. The van der Waals surface area contributed by atoms with Crippen molar-refractivity contribution in [2.24, 2.45) is 21.7 Å². The van der Waals surface area contributed by atoms with Crippen molar-refractivity contribution in [3.8, 4) is 0 Å². The Labute approximate surface area is 103 Å². The van der Waals surface area contributed by atoms with Crippen molar-refractivity contribution in [1.82, 2.24) is 0 Å². The lowest BCUT2D eigenvalue weighted by atomic mass is 10.2. The van der Waals surface area contributed by atoms with Gasteiger partial charge in [-0.2, -0.15) is 5.10 Å². The summed E-state index contributed by atoms with van der Waals surface area (Å²) in [4.78, 5) is 0. The smallest absolute Gasteiger partial charge is 0.211 e. The molecule has 0 fully saturated rings. The van der Waals surface area contributed by atoms with Crippen molar-refractivity contribution >= 4 is 40.5 Å². The van der Waals surface area contributed by atoms with Crippen LogP contribution in [0, 0.1) is 0 Å². The zero-order valence-electron chi connectivity index (χ0n) is 7.93. The van der Waals surface area contributed by atoms with Gasteiger partial charge in [-0.3, -0.25) is 0 Å². The molecule has 0 saturated carbocycles. The number of guanidine groups is 1. The quantitative estimate of drug-likeness (QED) is 0.505. The number of hydrogen-bond acceptors (Lipinski definition) is 2. The zero-order valence-corrected chi connectivity index (χ0v) is 10.3. The second kappa shape index (κ2) is 7.25. The highest BCUT2D eigenvalue weighted by Crippen LogP contribution is 2.10. The molecule has 0 aromatic heterocycles. The molecule has 0 bridgehead atoms. The first-order chi connectivity index (χ1) is 6.68. The molecular weight excluding hydrogens is 279 g/mol. The highest BCUT2D eigenvalue weighted by Gasteiger charge is 1.89. The number of hydrogen-bond donors (Lipinski definition) is 2. The number of rotatable bonds is 3. The molecule has 4 N–H and O–H groups in total. The number of benzene rings is 1. The molecule has 1 aromatic rings. The van der Waals surface area contributed by atoms with Crippen LogP contribution in [0.3, 0.4) is 0 Å². The molecule has 1 rings (SSSR count). The van der Waals surface area contributed by atoms with Crippen LogP contribution >= 0.6 is 28.3 Å². The summed E-state index contributed by atoms with van der Waals surface area (Å²) in [5, 5.41) is 7.18. The van der Waals surface area contributed by atoms with E-state index in [1.165, 1.54) is 0 Å². The van der Waals surface area contributed by atoms with Gasteiger partial charge in [0.15, 0.2) is 0 Å². The Morgan fingerprint density at radius 2 is 1.87 bits per heavy atom. The Morgan fingerprint density at radius 1 is 1.27 bits per heavy atom. The van der Waals surface area contributed by atoms with Gasteiger partial charge in [0.2, 0.25) is 5.96 Å². The van der Waals surface area contributed by atoms with Crippen LogP contribution in [0.2, 0.25) is 0 Å². The Balaban J connectivity index is 0.00000196. The van der Waals surface area contributed by atoms with Crippen molar-refractivity contribution in [3.63, 3.8) is 0 Å². The molecule has 0 amide bonds. The highest BCUT2D eigenvalue weighted by molar-refractivity contribution is 9.10. The van der Waals surface area contributed by atoms with E-state index in [1.54, 1.807) is 6.21 Å². The van der Waals surface area contributed by atoms with E-state index in [0.29, 0.717) is 6.42 Å². The Bertz CT molecular complexity index is 344. The fourth-order valence-electron chi connectivity index (χ4n) is 0.874. The van der Waals surface area contributed by atoms with Crippen molar-refractivity contribution < 1.29 is 0 Å². The van der Waals surface area contributed by atoms with Crippen LogP contribution in [0.25, 0.3) is 0 Å². The summed E-state index contributed by atoms with van der Waals surface area (Å²) in [6, 6.07) is 7.96. The van der Waals surface area contributed by atoms with E-state index in [1.807, 2.05) is 24.3 Å². The Morgan fingerprint density at radius 3 is 2.40 bits per heavy atom. The predicted molar refractivity (Wildman–Crippen MR) is 69.4 cm³/mol. The molecule has 1 aromatic carbocycles. The number of nitrogens with zero attached hydrogens (tertiary/aromatic N) is 2. The van der Waals surface area contributed by atoms with Gasteiger partial charge >= 0.3 is 0 Å². The van der Waals surface area contributed by atoms with Crippen molar-refractivity contribution in [2.75, 3.05) is 0 Å². The fraction of sp³-hybridized carbons (Fsp3) is 0.111. The minimum absolute atomic E-state index is 0. The molecule has 0 unspecified atom stereocenters. The minimum atomic E-state index is -0.0305. The number of nitrogens with two attached hydrogens (primary N) is 2. The molecule has 0 aliphatic carbocycles. The van der Waals surface area contributed by atoms with Crippen molar-refractivity contribution in [1.29, 1.82) is 0 Å². The molecule has 0 atom stereocenters. The second-order valence-corrected chi connectivity index (χ2v) is 3.57. The van der Waals surface area contributed by atoms with Gasteiger partial charge in [-0.1, -0.05) is 28.1 Å². The van der Waals surface area contributed by atoms with E-state index in [2.05, 4.69) is 26.1 Å². The first-order valence-electron chi connectivity index (χ1n) is 4.03. The first-order valence-corrected chi connectivity index (χ1v) is 4.82. The van der Waals surface area contributed by atoms with Crippen molar-refractivity contribution in [2.45, 2.75) is 6.42 Å². The van der Waals surface area contributed by atoms with E-state index in [9.17, 15) is 0 Å². The van der Waals surface area contributed by atoms with Crippen LogP contribution in [-0.2, 0) is 6.42 Å². The summed E-state index contributed by atoms with van der Waals surface area (Å²) in [6.45, 7) is 0. The average molecular weight is 292 g/mol. The summed E-state index contributed by atoms with van der Waals surface area (Å²) < 4.78 is 1.06. The van der Waals surface area contributed by atoms with Crippen LogP contribution in [0.5, 0.6) is 0 Å². The lowest BCUT2D eigenvalue weighted by Gasteiger charge is -1.94. The zero-order chi connectivity index (χ0) is 10.4. The van der Waals surface area contributed by atoms with Gasteiger partial charge in [-0.05, 0) is 17.7 Å². The van der Waals surface area contributed by atoms with Gasteiger partial charge in [-0.15, -0.1) is 17.5 Å². The van der Waals surface area contributed by atoms with E-state index in [-0.39, 0.29) is 18.4 Å². The van der Waals surface area contributed by atoms with E-state index in [0.717, 1.165) is 10.0 Å². The molecule has 0 saturated heterocycles. The molecule has 0 radical (unpaired) electrons. The maximum Gasteiger partial charge on any atom is 0.211 e. The van der Waals surface area contributed by atoms with Crippen LogP contribution in [0.1, 0.15) is 5.56 Å². The molecule has 0 aliphatic rings.